The van der Waals surface area contributed by atoms with E-state index in [1.54, 1.807) is 18.8 Å². The van der Waals surface area contributed by atoms with E-state index in [1.165, 1.54) is 4.57 Å². The fraction of sp³-hybridized carbons (Fsp3) is 0.778. The van der Waals surface area contributed by atoms with Gasteiger partial charge in [-0.15, -0.1) is 5.10 Å². The van der Waals surface area contributed by atoms with Crippen LogP contribution in [0.2, 0.25) is 0 Å². The van der Waals surface area contributed by atoms with Crippen molar-refractivity contribution in [3.05, 3.63) is 10.5 Å². The second-order valence-corrected chi connectivity index (χ2v) is 5.22. The molecule has 0 aromatic carbocycles. The first-order valence-electron chi connectivity index (χ1n) is 4.91. The van der Waals surface area contributed by atoms with Crippen molar-refractivity contribution in [3.63, 3.8) is 0 Å². The summed E-state index contributed by atoms with van der Waals surface area (Å²) < 4.78 is 1.53. The van der Waals surface area contributed by atoms with Gasteiger partial charge in [0.1, 0.15) is 0 Å². The van der Waals surface area contributed by atoms with Crippen LogP contribution in [-0.4, -0.2) is 26.3 Å². The highest BCUT2D eigenvalue weighted by Crippen LogP contribution is 2.22. The molecule has 4 nitrogen and oxygen atoms in total. The quantitative estimate of drug-likeness (QED) is 0.611. The molecule has 0 bridgehead atoms. The molecule has 0 spiro atoms. The molecule has 1 heterocycles. The van der Waals surface area contributed by atoms with Crippen molar-refractivity contribution in [2.75, 3.05) is 11.5 Å². The van der Waals surface area contributed by atoms with Crippen molar-refractivity contribution >= 4 is 24.4 Å². The summed E-state index contributed by atoms with van der Waals surface area (Å²) in [6.07, 6.45) is 0. The number of hydrogen-bond acceptors (Lipinski definition) is 4. The molecule has 0 aliphatic carbocycles. The summed E-state index contributed by atoms with van der Waals surface area (Å²) in [5.74, 6) is 2.96. The van der Waals surface area contributed by atoms with Crippen LogP contribution in [0.5, 0.6) is 0 Å². The van der Waals surface area contributed by atoms with Gasteiger partial charge in [-0.3, -0.25) is 4.57 Å². The van der Waals surface area contributed by atoms with E-state index in [-0.39, 0.29) is 5.69 Å². The molecule has 1 rings (SSSR count). The number of nitrogens with one attached hydrogen (secondary N) is 1. The minimum atomic E-state index is -0.163. The first-order chi connectivity index (χ1) is 7.06. The van der Waals surface area contributed by atoms with Crippen LogP contribution in [0.4, 0.5) is 0 Å². The van der Waals surface area contributed by atoms with E-state index in [0.717, 1.165) is 16.7 Å². The molecule has 0 saturated carbocycles. The zero-order valence-corrected chi connectivity index (χ0v) is 10.9. The Bertz CT molecular complexity index is 358. The Morgan fingerprint density at radius 2 is 2.27 bits per heavy atom. The molecule has 1 atom stereocenters. The van der Waals surface area contributed by atoms with E-state index in [9.17, 15) is 4.79 Å². The van der Waals surface area contributed by atoms with E-state index in [1.807, 2.05) is 0 Å². The van der Waals surface area contributed by atoms with Crippen LogP contribution in [-0.2, 0) is 7.05 Å². The first kappa shape index (κ1) is 12.7. The Hall–Kier alpha value is -0.360. The predicted molar refractivity (Wildman–Crippen MR) is 66.7 cm³/mol. The standard InChI is InChI=1S/C9H17N3OS2/c1-6(2)7(4-14)5-15-9-11-10-8(13)12(9)3/h6-7,14H,4-5H2,1-3H3,(H,10,13). The molecule has 0 aliphatic rings. The average Bonchev–Trinajstić information content (AvgIpc) is 2.49. The monoisotopic (exact) mass is 247 g/mol. The van der Waals surface area contributed by atoms with E-state index in [4.69, 9.17) is 0 Å². The van der Waals surface area contributed by atoms with Crippen molar-refractivity contribution < 1.29 is 0 Å². The highest BCUT2D eigenvalue weighted by molar-refractivity contribution is 7.99. The molecule has 86 valence electrons. The third-order valence-electron chi connectivity index (χ3n) is 2.44. The molecule has 1 aromatic rings. The summed E-state index contributed by atoms with van der Waals surface area (Å²) in [4.78, 5) is 11.1. The number of hydrogen-bond donors (Lipinski definition) is 2. The summed E-state index contributed by atoms with van der Waals surface area (Å²) in [6.45, 7) is 4.37. The minimum Gasteiger partial charge on any atom is -0.273 e. The van der Waals surface area contributed by atoms with Gasteiger partial charge in [-0.25, -0.2) is 9.89 Å². The maximum Gasteiger partial charge on any atom is 0.343 e. The summed E-state index contributed by atoms with van der Waals surface area (Å²) in [6, 6.07) is 0. The van der Waals surface area contributed by atoms with Crippen molar-refractivity contribution in [2.24, 2.45) is 18.9 Å². The lowest BCUT2D eigenvalue weighted by Gasteiger charge is -2.17. The van der Waals surface area contributed by atoms with Gasteiger partial charge >= 0.3 is 5.69 Å². The lowest BCUT2D eigenvalue weighted by molar-refractivity contribution is 0.472. The van der Waals surface area contributed by atoms with Crippen LogP contribution < -0.4 is 5.69 Å². The Balaban J connectivity index is 2.56. The van der Waals surface area contributed by atoms with Crippen LogP contribution in [0.25, 0.3) is 0 Å². The third-order valence-corrected chi connectivity index (χ3v) is 4.13. The fourth-order valence-corrected chi connectivity index (χ4v) is 3.08. The van der Waals surface area contributed by atoms with E-state index in [2.05, 4.69) is 36.7 Å². The summed E-state index contributed by atoms with van der Waals surface area (Å²) in [7, 11) is 1.72. The number of aromatic nitrogens is 3. The second-order valence-electron chi connectivity index (χ2n) is 3.87. The van der Waals surface area contributed by atoms with Crippen molar-refractivity contribution in [1.29, 1.82) is 0 Å². The molecule has 0 aliphatic heterocycles. The van der Waals surface area contributed by atoms with Crippen LogP contribution in [0.3, 0.4) is 0 Å². The molecule has 15 heavy (non-hydrogen) atoms. The van der Waals surface area contributed by atoms with E-state index < -0.39 is 0 Å². The highest BCUT2D eigenvalue weighted by Gasteiger charge is 2.14. The molecular weight excluding hydrogens is 230 g/mol. The average molecular weight is 247 g/mol. The van der Waals surface area contributed by atoms with Crippen LogP contribution in [0.15, 0.2) is 9.95 Å². The zero-order chi connectivity index (χ0) is 11.4. The van der Waals surface area contributed by atoms with Crippen molar-refractivity contribution in [1.82, 2.24) is 14.8 Å². The van der Waals surface area contributed by atoms with Gasteiger partial charge in [0, 0.05) is 12.8 Å². The normalized spacial score (nSPS) is 13.4. The van der Waals surface area contributed by atoms with Gasteiger partial charge in [0.25, 0.3) is 0 Å². The largest absolute Gasteiger partial charge is 0.343 e. The highest BCUT2D eigenvalue weighted by atomic mass is 32.2. The Morgan fingerprint density at radius 1 is 1.60 bits per heavy atom. The number of aromatic amines is 1. The molecule has 0 amide bonds. The number of thioether (sulfide) groups is 1. The maximum absolute atomic E-state index is 11.1. The lowest BCUT2D eigenvalue weighted by Crippen LogP contribution is -2.15. The van der Waals surface area contributed by atoms with Crippen molar-refractivity contribution in [2.45, 2.75) is 19.0 Å². The van der Waals surface area contributed by atoms with Gasteiger partial charge in [0.2, 0.25) is 0 Å². The summed E-state index contributed by atoms with van der Waals surface area (Å²) in [5.41, 5.74) is -0.163. The molecule has 0 radical (unpaired) electrons. The number of thiol groups is 1. The Labute approximate surface area is 99.3 Å². The summed E-state index contributed by atoms with van der Waals surface area (Å²) >= 11 is 5.92. The predicted octanol–water partition coefficient (Wildman–Crippen LogP) is 1.40. The molecular formula is C9H17N3OS2. The van der Waals surface area contributed by atoms with Gasteiger partial charge in [-0.05, 0) is 17.6 Å². The number of rotatable bonds is 5. The van der Waals surface area contributed by atoms with E-state index >= 15 is 0 Å². The second kappa shape index (κ2) is 5.65. The molecule has 6 heteroatoms. The molecule has 0 fully saturated rings. The third kappa shape index (κ3) is 3.31. The Kier molecular flexibility index (Phi) is 4.79. The topological polar surface area (TPSA) is 50.7 Å². The van der Waals surface area contributed by atoms with Gasteiger partial charge in [0.15, 0.2) is 5.16 Å². The fourth-order valence-electron chi connectivity index (χ4n) is 1.10. The van der Waals surface area contributed by atoms with Crippen LogP contribution >= 0.6 is 24.4 Å². The van der Waals surface area contributed by atoms with Crippen molar-refractivity contribution in [3.8, 4) is 0 Å². The molecule has 1 aromatic heterocycles. The first-order valence-corrected chi connectivity index (χ1v) is 6.53. The van der Waals surface area contributed by atoms with Gasteiger partial charge in [-0.2, -0.15) is 12.6 Å². The summed E-state index contributed by atoms with van der Waals surface area (Å²) in [5, 5.41) is 7.11. The smallest absolute Gasteiger partial charge is 0.273 e. The maximum atomic E-state index is 11.1. The molecule has 1 unspecified atom stereocenters. The number of H-pyrrole nitrogens is 1. The number of nitrogens with zero attached hydrogens (tertiary/aromatic N) is 2. The van der Waals surface area contributed by atoms with E-state index in [0.29, 0.717) is 11.8 Å². The van der Waals surface area contributed by atoms with Gasteiger partial charge in [0.05, 0.1) is 0 Å². The zero-order valence-electron chi connectivity index (χ0n) is 9.23. The SMILES string of the molecule is CC(C)C(CS)CSc1n[nH]c(=O)n1C. The van der Waals surface area contributed by atoms with Crippen LogP contribution in [0, 0.1) is 11.8 Å². The van der Waals surface area contributed by atoms with Gasteiger partial charge in [-0.1, -0.05) is 25.6 Å². The minimum absolute atomic E-state index is 0.163. The molecule has 1 N–H and O–H groups in total. The lowest BCUT2D eigenvalue weighted by atomic mass is 10.0. The molecule has 0 saturated heterocycles. The Morgan fingerprint density at radius 3 is 2.67 bits per heavy atom. The van der Waals surface area contributed by atoms with Crippen LogP contribution in [0.1, 0.15) is 13.8 Å². The van der Waals surface area contributed by atoms with Gasteiger partial charge < -0.3 is 0 Å².